The Balaban J connectivity index is 1.96. The minimum atomic E-state index is 0.117. The standard InChI is InChI=1S/C15H15N3O/c1-15(2)5-11-14-12(6-15)18-16-7-8-3-9(19)4-10(17-11)13(8)14/h3,7,18H,4-6H2,1-2H3. The smallest absolute Gasteiger partial charge is 0.162 e. The van der Waals surface area contributed by atoms with Crippen molar-refractivity contribution in [3.8, 4) is 0 Å². The summed E-state index contributed by atoms with van der Waals surface area (Å²) in [5, 5.41) is 4.25. The molecule has 0 aromatic carbocycles. The highest BCUT2D eigenvalue weighted by molar-refractivity contribution is 6.16. The predicted molar refractivity (Wildman–Crippen MR) is 73.8 cm³/mol. The topological polar surface area (TPSA) is 53.8 Å². The van der Waals surface area contributed by atoms with Gasteiger partial charge in [-0.2, -0.15) is 5.10 Å². The molecule has 0 unspecified atom stereocenters. The van der Waals surface area contributed by atoms with Crippen LogP contribution in [0.5, 0.6) is 0 Å². The molecule has 2 aliphatic carbocycles. The molecule has 0 atom stereocenters. The Hall–Kier alpha value is -1.97. The van der Waals surface area contributed by atoms with Crippen LogP contribution in [0, 0.1) is 5.41 Å². The van der Waals surface area contributed by atoms with E-state index in [1.54, 1.807) is 12.3 Å². The van der Waals surface area contributed by atoms with Crippen LogP contribution < -0.4 is 5.43 Å². The lowest BCUT2D eigenvalue weighted by atomic mass is 9.73. The Kier molecular flexibility index (Phi) is 1.91. The normalized spacial score (nSPS) is 26.7. The Bertz CT molecular complexity index is 672. The van der Waals surface area contributed by atoms with E-state index in [1.807, 2.05) is 0 Å². The summed E-state index contributed by atoms with van der Waals surface area (Å²) < 4.78 is 0. The van der Waals surface area contributed by atoms with Crippen molar-refractivity contribution < 1.29 is 4.79 Å². The maximum Gasteiger partial charge on any atom is 0.162 e. The van der Waals surface area contributed by atoms with Crippen molar-refractivity contribution in [3.05, 3.63) is 34.2 Å². The second-order valence-electron chi connectivity index (χ2n) is 6.36. The monoisotopic (exact) mass is 253 g/mol. The highest BCUT2D eigenvalue weighted by Gasteiger charge is 2.40. The van der Waals surface area contributed by atoms with Crippen molar-refractivity contribution in [1.82, 2.24) is 5.43 Å². The molecule has 1 N–H and O–H groups in total. The minimum Gasteiger partial charge on any atom is -0.294 e. The van der Waals surface area contributed by atoms with Gasteiger partial charge in [-0.1, -0.05) is 13.8 Å². The van der Waals surface area contributed by atoms with Crippen LogP contribution in [0.15, 0.2) is 44.3 Å². The van der Waals surface area contributed by atoms with Gasteiger partial charge in [-0.25, -0.2) is 0 Å². The molecule has 0 aromatic heterocycles. The predicted octanol–water partition coefficient (Wildman–Crippen LogP) is 2.26. The van der Waals surface area contributed by atoms with Gasteiger partial charge in [0.2, 0.25) is 0 Å². The summed E-state index contributed by atoms with van der Waals surface area (Å²) >= 11 is 0. The van der Waals surface area contributed by atoms with Gasteiger partial charge in [-0.05, 0) is 24.3 Å². The number of nitrogens with one attached hydrogen (secondary N) is 1. The van der Waals surface area contributed by atoms with Crippen LogP contribution in [0.1, 0.15) is 33.1 Å². The first-order valence-corrected chi connectivity index (χ1v) is 6.62. The van der Waals surface area contributed by atoms with Crippen LogP contribution in [0.25, 0.3) is 0 Å². The molecule has 0 bridgehead atoms. The molecule has 4 rings (SSSR count). The molecule has 2 aliphatic heterocycles. The first kappa shape index (κ1) is 10.9. The Morgan fingerprint density at radius 1 is 1.26 bits per heavy atom. The molecule has 0 saturated carbocycles. The van der Waals surface area contributed by atoms with Crippen LogP contribution >= 0.6 is 0 Å². The zero-order valence-corrected chi connectivity index (χ0v) is 11.1. The number of nitrogens with zero attached hydrogens (tertiary/aromatic N) is 2. The average molecular weight is 253 g/mol. The third-order valence-electron chi connectivity index (χ3n) is 4.05. The lowest BCUT2D eigenvalue weighted by molar-refractivity contribution is -0.114. The number of carbonyl (C=O) groups is 1. The number of ketones is 1. The van der Waals surface area contributed by atoms with Crippen molar-refractivity contribution >= 4 is 17.7 Å². The molecule has 4 aliphatic rings. The van der Waals surface area contributed by atoms with Gasteiger partial charge in [0.05, 0.1) is 24.0 Å². The van der Waals surface area contributed by atoms with Crippen molar-refractivity contribution in [2.24, 2.45) is 15.5 Å². The van der Waals surface area contributed by atoms with Crippen LogP contribution in [0.3, 0.4) is 0 Å². The molecule has 96 valence electrons. The third-order valence-corrected chi connectivity index (χ3v) is 4.05. The first-order chi connectivity index (χ1) is 9.03. The first-order valence-electron chi connectivity index (χ1n) is 6.62. The van der Waals surface area contributed by atoms with Gasteiger partial charge in [-0.3, -0.25) is 15.2 Å². The second-order valence-corrected chi connectivity index (χ2v) is 6.36. The Labute approximate surface area is 111 Å². The van der Waals surface area contributed by atoms with Crippen molar-refractivity contribution in [2.45, 2.75) is 33.1 Å². The van der Waals surface area contributed by atoms with E-state index in [0.29, 0.717) is 6.42 Å². The molecule has 4 nitrogen and oxygen atoms in total. The van der Waals surface area contributed by atoms with E-state index in [1.165, 1.54) is 5.57 Å². The van der Waals surface area contributed by atoms with Gasteiger partial charge >= 0.3 is 0 Å². The SMILES string of the molecule is CC1(C)CC2=NC3=C4C(=CC(=O)C3)C=NNC(=C24)C1. The molecule has 0 saturated heterocycles. The Morgan fingerprint density at radius 2 is 2.11 bits per heavy atom. The van der Waals surface area contributed by atoms with Crippen LogP contribution in [-0.4, -0.2) is 17.7 Å². The molecular weight excluding hydrogens is 238 g/mol. The van der Waals surface area contributed by atoms with E-state index in [-0.39, 0.29) is 11.2 Å². The number of hydrazone groups is 1. The van der Waals surface area contributed by atoms with E-state index in [0.717, 1.165) is 41.1 Å². The van der Waals surface area contributed by atoms with Gasteiger partial charge in [0.25, 0.3) is 0 Å². The average Bonchev–Trinajstić information content (AvgIpc) is 2.53. The highest BCUT2D eigenvalue weighted by Crippen LogP contribution is 2.46. The Morgan fingerprint density at radius 3 is 2.95 bits per heavy atom. The summed E-state index contributed by atoms with van der Waals surface area (Å²) in [4.78, 5) is 16.5. The van der Waals surface area contributed by atoms with E-state index < -0.39 is 0 Å². The third kappa shape index (κ3) is 1.49. The number of aliphatic imine (C=N–C) groups is 1. The van der Waals surface area contributed by atoms with Gasteiger partial charge in [0, 0.05) is 22.4 Å². The lowest BCUT2D eigenvalue weighted by Crippen LogP contribution is -2.28. The molecule has 0 fully saturated rings. The van der Waals surface area contributed by atoms with Crippen LogP contribution in [0.4, 0.5) is 0 Å². The number of carbonyl (C=O) groups excluding carboxylic acids is 1. The van der Waals surface area contributed by atoms with Crippen molar-refractivity contribution in [2.75, 3.05) is 0 Å². The molecule has 0 spiro atoms. The summed E-state index contributed by atoms with van der Waals surface area (Å²) in [5.74, 6) is 0.117. The summed E-state index contributed by atoms with van der Waals surface area (Å²) in [6.07, 6.45) is 5.79. The van der Waals surface area contributed by atoms with Crippen LogP contribution in [0.2, 0.25) is 0 Å². The fraction of sp³-hybridized carbons (Fsp3) is 0.400. The van der Waals surface area contributed by atoms with E-state index >= 15 is 0 Å². The number of allylic oxidation sites excluding steroid dienone is 6. The number of hydrogen-bond acceptors (Lipinski definition) is 4. The summed E-state index contributed by atoms with van der Waals surface area (Å²) in [6, 6.07) is 0. The fourth-order valence-electron chi connectivity index (χ4n) is 3.38. The highest BCUT2D eigenvalue weighted by atomic mass is 16.1. The summed E-state index contributed by atoms with van der Waals surface area (Å²) in [7, 11) is 0. The zero-order valence-electron chi connectivity index (χ0n) is 11.1. The van der Waals surface area contributed by atoms with Gasteiger partial charge in [-0.15, -0.1) is 0 Å². The van der Waals surface area contributed by atoms with Crippen LogP contribution in [-0.2, 0) is 4.79 Å². The maximum atomic E-state index is 11.8. The summed E-state index contributed by atoms with van der Waals surface area (Å²) in [6.45, 7) is 4.49. The second kappa shape index (κ2) is 3.32. The molecule has 19 heavy (non-hydrogen) atoms. The molecule has 2 heterocycles. The molecule has 0 radical (unpaired) electrons. The van der Waals surface area contributed by atoms with E-state index in [2.05, 4.69) is 24.4 Å². The largest absolute Gasteiger partial charge is 0.294 e. The molecule has 0 amide bonds. The molecule has 4 heteroatoms. The van der Waals surface area contributed by atoms with E-state index in [9.17, 15) is 4.79 Å². The van der Waals surface area contributed by atoms with Gasteiger partial charge in [0.1, 0.15) is 0 Å². The zero-order chi connectivity index (χ0) is 13.2. The molecular formula is C15H15N3O. The maximum absolute atomic E-state index is 11.8. The fourth-order valence-corrected chi connectivity index (χ4v) is 3.38. The van der Waals surface area contributed by atoms with Crippen molar-refractivity contribution in [3.63, 3.8) is 0 Å². The minimum absolute atomic E-state index is 0.117. The van der Waals surface area contributed by atoms with Crippen molar-refractivity contribution in [1.29, 1.82) is 0 Å². The van der Waals surface area contributed by atoms with E-state index in [4.69, 9.17) is 4.99 Å². The number of rotatable bonds is 0. The molecule has 0 aromatic rings. The van der Waals surface area contributed by atoms with Gasteiger partial charge < -0.3 is 0 Å². The number of hydrogen-bond donors (Lipinski definition) is 1. The lowest BCUT2D eigenvalue weighted by Gasteiger charge is -2.32. The van der Waals surface area contributed by atoms with Gasteiger partial charge in [0.15, 0.2) is 5.78 Å². The summed E-state index contributed by atoms with van der Waals surface area (Å²) in [5.41, 5.74) is 9.77. The quantitative estimate of drug-likeness (QED) is 0.720.